The summed E-state index contributed by atoms with van der Waals surface area (Å²) in [6.45, 7) is 2.07. The van der Waals surface area contributed by atoms with Gasteiger partial charge in [-0.25, -0.2) is 0 Å². The van der Waals surface area contributed by atoms with Gasteiger partial charge in [0, 0.05) is 13.9 Å². The Morgan fingerprint density at radius 2 is 2.18 bits per heavy atom. The molecule has 0 heterocycles. The summed E-state index contributed by atoms with van der Waals surface area (Å²) in [7, 11) is 0. The first-order chi connectivity index (χ1) is 5.15. The minimum Gasteiger partial charge on any atom is -0.121 e. The highest BCUT2D eigenvalue weighted by molar-refractivity contribution is 14.1. The normalized spacial score (nSPS) is 10.2. The Morgan fingerprint density at radius 3 is 2.64 bits per heavy atom. The van der Waals surface area contributed by atoms with Gasteiger partial charge in [0.2, 0.25) is 0 Å². The Labute approximate surface area is 93.6 Å². The molecule has 0 saturated carbocycles. The van der Waals surface area contributed by atoms with Gasteiger partial charge in [0.15, 0.2) is 0 Å². The molecule has 0 aliphatic rings. The standard InChI is InChI=1S/C8H7BrClI/c1-5-2-7(9)6(4-10)8(11)3-5/h2-3H,4H2,1H3. The van der Waals surface area contributed by atoms with E-state index in [1.165, 1.54) is 14.7 Å². The van der Waals surface area contributed by atoms with Crippen molar-refractivity contribution >= 4 is 50.1 Å². The number of halogens is 3. The fraction of sp³-hybridized carbons (Fsp3) is 0.250. The zero-order valence-corrected chi connectivity index (χ0v) is 10.5. The molecule has 0 nitrogen and oxygen atoms in total. The maximum absolute atomic E-state index is 5.76. The summed E-state index contributed by atoms with van der Waals surface area (Å²) in [6, 6.07) is 4.21. The van der Waals surface area contributed by atoms with Crippen LogP contribution in [0.3, 0.4) is 0 Å². The van der Waals surface area contributed by atoms with Crippen LogP contribution in [0.25, 0.3) is 0 Å². The molecular formula is C8H7BrClI. The molecule has 60 valence electrons. The summed E-state index contributed by atoms with van der Waals surface area (Å²) in [5.41, 5.74) is 2.44. The minimum absolute atomic E-state index is 0.569. The average Bonchev–Trinajstić information content (AvgIpc) is 1.85. The van der Waals surface area contributed by atoms with Gasteiger partial charge in [-0.3, -0.25) is 0 Å². The molecule has 0 N–H and O–H groups in total. The predicted molar refractivity (Wildman–Crippen MR) is 61.2 cm³/mol. The van der Waals surface area contributed by atoms with E-state index in [2.05, 4.69) is 57.6 Å². The fourth-order valence-electron chi connectivity index (χ4n) is 0.857. The molecule has 0 amide bonds. The van der Waals surface area contributed by atoms with Gasteiger partial charge >= 0.3 is 0 Å². The summed E-state index contributed by atoms with van der Waals surface area (Å²) in [5.74, 6) is 0.569. The SMILES string of the molecule is Cc1cc(Br)c(CCl)c(I)c1. The third kappa shape index (κ3) is 2.33. The van der Waals surface area contributed by atoms with Gasteiger partial charge in [-0.2, -0.15) is 0 Å². The second-order valence-electron chi connectivity index (χ2n) is 2.34. The molecule has 11 heavy (non-hydrogen) atoms. The third-order valence-electron chi connectivity index (χ3n) is 1.42. The molecule has 0 aliphatic carbocycles. The topological polar surface area (TPSA) is 0 Å². The van der Waals surface area contributed by atoms with E-state index in [0.717, 1.165) is 4.47 Å². The molecule has 0 aromatic heterocycles. The van der Waals surface area contributed by atoms with E-state index in [1.807, 2.05) is 0 Å². The second-order valence-corrected chi connectivity index (χ2v) is 4.62. The highest BCUT2D eigenvalue weighted by atomic mass is 127. The minimum atomic E-state index is 0.569. The van der Waals surface area contributed by atoms with Gasteiger partial charge in [-0.15, -0.1) is 11.6 Å². The van der Waals surface area contributed by atoms with Crippen molar-refractivity contribution in [3.63, 3.8) is 0 Å². The lowest BCUT2D eigenvalue weighted by atomic mass is 10.2. The van der Waals surface area contributed by atoms with E-state index in [1.54, 1.807) is 0 Å². The maximum atomic E-state index is 5.76. The molecule has 3 heteroatoms. The Kier molecular flexibility index (Phi) is 3.65. The van der Waals surface area contributed by atoms with Crippen LogP contribution in [0, 0.1) is 10.5 Å². The van der Waals surface area contributed by atoms with E-state index in [4.69, 9.17) is 11.6 Å². The van der Waals surface area contributed by atoms with Crippen molar-refractivity contribution in [1.29, 1.82) is 0 Å². The Bertz CT molecular complexity index is 250. The zero-order chi connectivity index (χ0) is 8.43. The molecule has 0 bridgehead atoms. The lowest BCUT2D eigenvalue weighted by Crippen LogP contribution is -1.87. The van der Waals surface area contributed by atoms with Crippen LogP contribution in [-0.2, 0) is 5.88 Å². The molecule has 0 radical (unpaired) electrons. The van der Waals surface area contributed by atoms with Crippen molar-refractivity contribution in [2.45, 2.75) is 12.8 Å². The van der Waals surface area contributed by atoms with E-state index >= 15 is 0 Å². The summed E-state index contributed by atoms with van der Waals surface area (Å²) >= 11 is 11.5. The van der Waals surface area contributed by atoms with Crippen molar-refractivity contribution in [3.05, 3.63) is 31.3 Å². The fourth-order valence-corrected chi connectivity index (χ4v) is 3.59. The number of aryl methyl sites for hydroxylation is 1. The highest BCUT2D eigenvalue weighted by Gasteiger charge is 2.03. The van der Waals surface area contributed by atoms with Crippen LogP contribution in [0.15, 0.2) is 16.6 Å². The lowest BCUT2D eigenvalue weighted by molar-refractivity contribution is 1.30. The van der Waals surface area contributed by atoms with E-state index < -0.39 is 0 Å². The van der Waals surface area contributed by atoms with Crippen LogP contribution >= 0.6 is 50.1 Å². The molecule has 0 aliphatic heterocycles. The summed E-state index contributed by atoms with van der Waals surface area (Å²) in [4.78, 5) is 0. The average molecular weight is 345 g/mol. The van der Waals surface area contributed by atoms with Crippen LogP contribution in [0.4, 0.5) is 0 Å². The first kappa shape index (κ1) is 9.81. The van der Waals surface area contributed by atoms with Crippen molar-refractivity contribution in [1.82, 2.24) is 0 Å². The Morgan fingerprint density at radius 1 is 1.55 bits per heavy atom. The third-order valence-corrected chi connectivity index (χ3v) is 3.36. The van der Waals surface area contributed by atoms with Gasteiger partial charge in [0.05, 0.1) is 0 Å². The Hall–Kier alpha value is 0.720. The Balaban J connectivity index is 3.25. The van der Waals surface area contributed by atoms with Crippen molar-refractivity contribution < 1.29 is 0 Å². The first-order valence-corrected chi connectivity index (χ1v) is 5.56. The van der Waals surface area contributed by atoms with E-state index in [-0.39, 0.29) is 0 Å². The van der Waals surface area contributed by atoms with Gasteiger partial charge in [0.25, 0.3) is 0 Å². The molecule has 1 aromatic rings. The number of benzene rings is 1. The maximum Gasteiger partial charge on any atom is 0.0495 e. The van der Waals surface area contributed by atoms with Crippen molar-refractivity contribution in [3.8, 4) is 0 Å². The quantitative estimate of drug-likeness (QED) is 0.531. The van der Waals surface area contributed by atoms with Crippen LogP contribution in [-0.4, -0.2) is 0 Å². The predicted octanol–water partition coefficient (Wildman–Crippen LogP) is 4.10. The number of hydrogen-bond acceptors (Lipinski definition) is 0. The van der Waals surface area contributed by atoms with Crippen LogP contribution < -0.4 is 0 Å². The molecule has 0 spiro atoms. The van der Waals surface area contributed by atoms with Crippen LogP contribution in [0.1, 0.15) is 11.1 Å². The van der Waals surface area contributed by atoms with E-state index in [0.29, 0.717) is 5.88 Å². The summed E-state index contributed by atoms with van der Waals surface area (Å²) in [6.07, 6.45) is 0. The number of hydrogen-bond donors (Lipinski definition) is 0. The van der Waals surface area contributed by atoms with Gasteiger partial charge < -0.3 is 0 Å². The highest BCUT2D eigenvalue weighted by Crippen LogP contribution is 2.25. The molecule has 0 saturated heterocycles. The molecule has 0 atom stereocenters. The van der Waals surface area contributed by atoms with Crippen LogP contribution in [0.2, 0.25) is 0 Å². The number of rotatable bonds is 1. The molecule has 0 fully saturated rings. The van der Waals surface area contributed by atoms with Crippen LogP contribution in [0.5, 0.6) is 0 Å². The van der Waals surface area contributed by atoms with Gasteiger partial charge in [-0.05, 0) is 52.8 Å². The van der Waals surface area contributed by atoms with Crippen molar-refractivity contribution in [2.75, 3.05) is 0 Å². The smallest absolute Gasteiger partial charge is 0.0495 e. The first-order valence-electron chi connectivity index (χ1n) is 3.15. The zero-order valence-electron chi connectivity index (χ0n) is 6.00. The number of alkyl halides is 1. The molecule has 1 rings (SSSR count). The van der Waals surface area contributed by atoms with Crippen molar-refractivity contribution in [2.24, 2.45) is 0 Å². The molecule has 1 aromatic carbocycles. The monoisotopic (exact) mass is 344 g/mol. The van der Waals surface area contributed by atoms with Gasteiger partial charge in [-0.1, -0.05) is 15.9 Å². The largest absolute Gasteiger partial charge is 0.121 e. The summed E-state index contributed by atoms with van der Waals surface area (Å²) in [5, 5.41) is 0. The van der Waals surface area contributed by atoms with Gasteiger partial charge in [0.1, 0.15) is 0 Å². The second kappa shape index (κ2) is 4.10. The summed E-state index contributed by atoms with van der Waals surface area (Å²) < 4.78 is 2.33. The lowest BCUT2D eigenvalue weighted by Gasteiger charge is -2.04. The van der Waals surface area contributed by atoms with E-state index in [9.17, 15) is 0 Å². The molecule has 0 unspecified atom stereocenters. The molecular weight excluding hydrogens is 338 g/mol.